The Bertz CT molecular complexity index is 684. The van der Waals surface area contributed by atoms with Crippen molar-refractivity contribution in [1.29, 1.82) is 0 Å². The summed E-state index contributed by atoms with van der Waals surface area (Å²) in [5, 5.41) is 5.52. The molecule has 2 aromatic rings. The zero-order chi connectivity index (χ0) is 17.4. The number of carbonyl (C=O) groups is 2. The molecule has 0 aliphatic carbocycles. The lowest BCUT2D eigenvalue weighted by Crippen LogP contribution is -2.27. The molecule has 126 valence electrons. The quantitative estimate of drug-likeness (QED) is 0.761. The lowest BCUT2D eigenvalue weighted by atomic mass is 10.1. The van der Waals surface area contributed by atoms with E-state index in [1.54, 1.807) is 19.2 Å². The fourth-order valence-corrected chi connectivity index (χ4v) is 2.33. The third-order valence-electron chi connectivity index (χ3n) is 3.29. The molecule has 24 heavy (non-hydrogen) atoms. The van der Waals surface area contributed by atoms with Gasteiger partial charge in [-0.1, -0.05) is 28.1 Å². The molecule has 2 aromatic carbocycles. The van der Waals surface area contributed by atoms with Crippen LogP contribution in [0.3, 0.4) is 0 Å². The van der Waals surface area contributed by atoms with Crippen LogP contribution in [-0.2, 0) is 16.1 Å². The third kappa shape index (κ3) is 5.79. The van der Waals surface area contributed by atoms with Gasteiger partial charge < -0.3 is 15.4 Å². The topological polar surface area (TPSA) is 67.4 Å². The number of nitrogens with one attached hydrogen (secondary N) is 2. The van der Waals surface area contributed by atoms with Crippen LogP contribution < -0.4 is 10.6 Å². The van der Waals surface area contributed by atoms with Gasteiger partial charge in [0.1, 0.15) is 0 Å². The summed E-state index contributed by atoms with van der Waals surface area (Å²) in [5.41, 5.74) is 2.29. The Morgan fingerprint density at radius 1 is 1.04 bits per heavy atom. The zero-order valence-electron chi connectivity index (χ0n) is 13.3. The largest absolute Gasteiger partial charge is 0.380 e. The first-order valence-corrected chi connectivity index (χ1v) is 8.29. The summed E-state index contributed by atoms with van der Waals surface area (Å²) in [4.78, 5) is 23.9. The number of carbonyl (C=O) groups excluding carboxylic acids is 2. The van der Waals surface area contributed by atoms with Gasteiger partial charge in [-0.3, -0.25) is 9.59 Å². The molecule has 0 aromatic heterocycles. The summed E-state index contributed by atoms with van der Waals surface area (Å²) in [5.74, 6) is -0.344. The second kappa shape index (κ2) is 9.20. The van der Waals surface area contributed by atoms with Gasteiger partial charge in [0, 0.05) is 35.8 Å². The van der Waals surface area contributed by atoms with E-state index < -0.39 is 0 Å². The maximum Gasteiger partial charge on any atom is 0.251 e. The van der Waals surface area contributed by atoms with Crippen molar-refractivity contribution >= 4 is 33.4 Å². The second-order valence-corrected chi connectivity index (χ2v) is 6.11. The van der Waals surface area contributed by atoms with Crippen molar-refractivity contribution < 1.29 is 14.3 Å². The minimum Gasteiger partial charge on any atom is -0.380 e. The van der Waals surface area contributed by atoms with Crippen LogP contribution in [0.1, 0.15) is 22.3 Å². The molecule has 0 unspecified atom stereocenters. The number of benzene rings is 2. The Morgan fingerprint density at radius 3 is 2.33 bits per heavy atom. The molecular formula is C18H19BrN2O3. The number of methoxy groups -OCH3 is 1. The molecule has 2 rings (SSSR count). The molecule has 0 spiro atoms. The molecule has 0 bridgehead atoms. The molecule has 0 atom stereocenters. The maximum absolute atomic E-state index is 12.0. The van der Waals surface area contributed by atoms with Crippen molar-refractivity contribution in [2.24, 2.45) is 0 Å². The second-order valence-electron chi connectivity index (χ2n) is 5.19. The molecular weight excluding hydrogens is 372 g/mol. The molecule has 5 nitrogen and oxygen atoms in total. The van der Waals surface area contributed by atoms with Gasteiger partial charge in [-0.2, -0.15) is 0 Å². The maximum atomic E-state index is 12.0. The van der Waals surface area contributed by atoms with Gasteiger partial charge in [0.15, 0.2) is 0 Å². The van der Waals surface area contributed by atoms with E-state index in [0.29, 0.717) is 12.2 Å². The van der Waals surface area contributed by atoms with E-state index in [9.17, 15) is 9.59 Å². The standard InChI is InChI=1S/C18H19BrN2O3/c1-24-12-13-2-4-14(5-3-13)18(23)20-11-10-17(22)21-16-8-6-15(19)7-9-16/h2-9H,10-12H2,1H3,(H,20,23)(H,21,22). The van der Waals surface area contributed by atoms with Crippen LogP contribution in [0.15, 0.2) is 53.0 Å². The lowest BCUT2D eigenvalue weighted by molar-refractivity contribution is -0.116. The minimum absolute atomic E-state index is 0.145. The van der Waals surface area contributed by atoms with Gasteiger partial charge in [-0.05, 0) is 42.0 Å². The van der Waals surface area contributed by atoms with E-state index in [1.165, 1.54) is 0 Å². The van der Waals surface area contributed by atoms with Crippen LogP contribution in [0.4, 0.5) is 5.69 Å². The van der Waals surface area contributed by atoms with Crippen molar-refractivity contribution in [2.45, 2.75) is 13.0 Å². The van der Waals surface area contributed by atoms with Crippen LogP contribution in [0.25, 0.3) is 0 Å². The van der Waals surface area contributed by atoms with Crippen LogP contribution in [-0.4, -0.2) is 25.5 Å². The highest BCUT2D eigenvalue weighted by Gasteiger charge is 2.07. The van der Waals surface area contributed by atoms with Crippen molar-refractivity contribution in [1.82, 2.24) is 5.32 Å². The number of halogens is 1. The predicted molar refractivity (Wildman–Crippen MR) is 96.9 cm³/mol. The molecule has 0 radical (unpaired) electrons. The number of rotatable bonds is 7. The normalized spacial score (nSPS) is 10.2. The first-order valence-electron chi connectivity index (χ1n) is 7.50. The number of ether oxygens (including phenoxy) is 1. The summed E-state index contributed by atoms with van der Waals surface area (Å²) < 4.78 is 5.98. The highest BCUT2D eigenvalue weighted by Crippen LogP contribution is 2.14. The minimum atomic E-state index is -0.199. The van der Waals surface area contributed by atoms with E-state index in [0.717, 1.165) is 15.7 Å². The van der Waals surface area contributed by atoms with Crippen LogP contribution in [0.2, 0.25) is 0 Å². The molecule has 0 saturated carbocycles. The highest BCUT2D eigenvalue weighted by atomic mass is 79.9. The van der Waals surface area contributed by atoms with Crippen LogP contribution >= 0.6 is 15.9 Å². The fourth-order valence-electron chi connectivity index (χ4n) is 2.07. The number of anilines is 1. The molecule has 0 aliphatic rings. The van der Waals surface area contributed by atoms with E-state index in [2.05, 4.69) is 26.6 Å². The van der Waals surface area contributed by atoms with Gasteiger partial charge in [-0.15, -0.1) is 0 Å². The fraction of sp³-hybridized carbons (Fsp3) is 0.222. The summed E-state index contributed by atoms with van der Waals surface area (Å²) >= 11 is 3.34. The SMILES string of the molecule is COCc1ccc(C(=O)NCCC(=O)Nc2ccc(Br)cc2)cc1. The Kier molecular flexibility index (Phi) is 6.96. The number of amides is 2. The van der Waals surface area contributed by atoms with Gasteiger partial charge in [-0.25, -0.2) is 0 Å². The zero-order valence-corrected chi connectivity index (χ0v) is 14.9. The van der Waals surface area contributed by atoms with E-state index in [4.69, 9.17) is 4.74 Å². The van der Waals surface area contributed by atoms with Crippen molar-refractivity contribution in [3.8, 4) is 0 Å². The molecule has 2 amide bonds. The first-order chi connectivity index (χ1) is 11.6. The third-order valence-corrected chi connectivity index (χ3v) is 3.82. The molecule has 0 heterocycles. The summed E-state index contributed by atoms with van der Waals surface area (Å²) in [6.07, 6.45) is 0.212. The lowest BCUT2D eigenvalue weighted by Gasteiger charge is -2.07. The Labute approximate surface area is 149 Å². The summed E-state index contributed by atoms with van der Waals surface area (Å²) in [7, 11) is 1.62. The van der Waals surface area contributed by atoms with E-state index in [1.807, 2.05) is 36.4 Å². The van der Waals surface area contributed by atoms with Gasteiger partial charge in [0.25, 0.3) is 5.91 Å². The summed E-state index contributed by atoms with van der Waals surface area (Å²) in [6, 6.07) is 14.5. The van der Waals surface area contributed by atoms with Crippen molar-refractivity contribution in [3.63, 3.8) is 0 Å². The van der Waals surface area contributed by atoms with Crippen LogP contribution in [0.5, 0.6) is 0 Å². The number of hydrogen-bond acceptors (Lipinski definition) is 3. The van der Waals surface area contributed by atoms with Gasteiger partial charge >= 0.3 is 0 Å². The smallest absolute Gasteiger partial charge is 0.251 e. The molecule has 0 aliphatic heterocycles. The Hall–Kier alpha value is -2.18. The Morgan fingerprint density at radius 2 is 1.71 bits per heavy atom. The molecule has 0 saturated heterocycles. The average molecular weight is 391 g/mol. The Balaban J connectivity index is 1.75. The van der Waals surface area contributed by atoms with E-state index >= 15 is 0 Å². The predicted octanol–water partition coefficient (Wildman–Crippen LogP) is 3.35. The summed E-state index contributed by atoms with van der Waals surface area (Å²) in [6.45, 7) is 0.791. The van der Waals surface area contributed by atoms with Gasteiger partial charge in [0.2, 0.25) is 5.91 Å². The monoisotopic (exact) mass is 390 g/mol. The highest BCUT2D eigenvalue weighted by molar-refractivity contribution is 9.10. The van der Waals surface area contributed by atoms with Gasteiger partial charge in [0.05, 0.1) is 6.61 Å². The molecule has 2 N–H and O–H groups in total. The molecule has 6 heteroatoms. The molecule has 0 fully saturated rings. The number of hydrogen-bond donors (Lipinski definition) is 2. The van der Waals surface area contributed by atoms with Crippen molar-refractivity contribution in [2.75, 3.05) is 19.0 Å². The first kappa shape index (κ1) is 18.2. The average Bonchev–Trinajstić information content (AvgIpc) is 2.58. The van der Waals surface area contributed by atoms with Crippen LogP contribution in [0, 0.1) is 0 Å². The van der Waals surface area contributed by atoms with E-state index in [-0.39, 0.29) is 24.8 Å². The van der Waals surface area contributed by atoms with Crippen molar-refractivity contribution in [3.05, 3.63) is 64.1 Å².